The molecule has 3 atom stereocenters. The number of carbonyl (C=O) groups is 2. The molecule has 3 N–H and O–H groups in total. The minimum absolute atomic E-state index is 0.00600. The van der Waals surface area contributed by atoms with Crippen LogP contribution in [-0.2, 0) is 32.2 Å². The van der Waals surface area contributed by atoms with E-state index >= 15 is 0 Å². The zero-order valence-electron chi connectivity index (χ0n) is 24.9. The summed E-state index contributed by atoms with van der Waals surface area (Å²) >= 11 is 1.56. The molecular weight excluding hydrogens is 590 g/mol. The van der Waals surface area contributed by atoms with E-state index in [0.717, 1.165) is 33.4 Å². The second-order valence-electron chi connectivity index (χ2n) is 10.9. The molecule has 5 rings (SSSR count). The Bertz CT molecular complexity index is 1540. The van der Waals surface area contributed by atoms with Crippen molar-refractivity contribution in [1.29, 1.82) is 0 Å². The van der Waals surface area contributed by atoms with Gasteiger partial charge in [0.25, 0.3) is 0 Å². The Morgan fingerprint density at radius 2 is 1.58 bits per heavy atom. The van der Waals surface area contributed by atoms with Crippen LogP contribution in [0.3, 0.4) is 0 Å². The van der Waals surface area contributed by atoms with Gasteiger partial charge in [-0.25, -0.2) is 9.97 Å². The minimum Gasteiger partial charge on any atom is -0.481 e. The molecule has 0 unspecified atom stereocenters. The number of aliphatic hydroxyl groups is 1. The number of amides is 1. The first-order chi connectivity index (χ1) is 22.0. The van der Waals surface area contributed by atoms with Crippen LogP contribution in [0.5, 0.6) is 0 Å². The first kappa shape index (κ1) is 32.3. The molecule has 1 amide bonds. The molecule has 0 radical (unpaired) electrons. The van der Waals surface area contributed by atoms with Gasteiger partial charge < -0.3 is 25.0 Å². The number of aliphatic carboxylic acids is 1. The van der Waals surface area contributed by atoms with Gasteiger partial charge >= 0.3 is 5.97 Å². The second-order valence-corrected chi connectivity index (χ2v) is 11.9. The summed E-state index contributed by atoms with van der Waals surface area (Å²) in [6.45, 7) is 0.398. The Balaban J connectivity index is 1.24. The van der Waals surface area contributed by atoms with Crippen molar-refractivity contribution in [2.75, 3.05) is 5.75 Å². The molecule has 1 aliphatic heterocycles. The molecule has 0 saturated carbocycles. The Morgan fingerprint density at radius 3 is 2.31 bits per heavy atom. The summed E-state index contributed by atoms with van der Waals surface area (Å²) < 4.78 is 12.9. The second kappa shape index (κ2) is 16.3. The largest absolute Gasteiger partial charge is 0.481 e. The summed E-state index contributed by atoms with van der Waals surface area (Å²) in [6, 6.07) is 25.8. The number of nitrogens with one attached hydrogen (secondary N) is 1. The van der Waals surface area contributed by atoms with Gasteiger partial charge in [-0.1, -0.05) is 78.5 Å². The van der Waals surface area contributed by atoms with Crippen molar-refractivity contribution in [3.63, 3.8) is 0 Å². The van der Waals surface area contributed by atoms with Crippen molar-refractivity contribution in [3.8, 4) is 11.1 Å². The van der Waals surface area contributed by atoms with E-state index in [1.165, 1.54) is 0 Å². The van der Waals surface area contributed by atoms with Gasteiger partial charge in [-0.3, -0.25) is 9.59 Å². The van der Waals surface area contributed by atoms with Crippen LogP contribution in [0, 0.1) is 0 Å². The smallest absolute Gasteiger partial charge is 0.303 e. The monoisotopic (exact) mass is 627 g/mol. The molecule has 0 bridgehead atoms. The maximum absolute atomic E-state index is 12.2. The number of hydrogen-bond acceptors (Lipinski definition) is 8. The van der Waals surface area contributed by atoms with E-state index in [1.54, 1.807) is 30.2 Å². The predicted octanol–water partition coefficient (Wildman–Crippen LogP) is 6.23. The van der Waals surface area contributed by atoms with Crippen molar-refractivity contribution in [1.82, 2.24) is 15.3 Å². The third-order valence-electron chi connectivity index (χ3n) is 7.53. The highest BCUT2D eigenvalue weighted by Gasteiger charge is 2.32. The van der Waals surface area contributed by atoms with E-state index in [1.807, 2.05) is 66.7 Å². The number of aliphatic hydroxyl groups excluding tert-OH is 1. The Labute approximate surface area is 267 Å². The molecule has 0 spiro atoms. The maximum Gasteiger partial charge on any atom is 0.303 e. The van der Waals surface area contributed by atoms with Gasteiger partial charge in [-0.15, -0.1) is 0 Å². The number of benzene rings is 3. The van der Waals surface area contributed by atoms with Crippen LogP contribution in [0.2, 0.25) is 0 Å². The van der Waals surface area contributed by atoms with Gasteiger partial charge in [0.2, 0.25) is 5.91 Å². The predicted molar refractivity (Wildman–Crippen MR) is 171 cm³/mol. The summed E-state index contributed by atoms with van der Waals surface area (Å²) in [5, 5.41) is 21.8. The van der Waals surface area contributed by atoms with Crippen LogP contribution >= 0.6 is 11.8 Å². The molecule has 1 aliphatic rings. The molecule has 1 fully saturated rings. The number of hydrogen-bond donors (Lipinski definition) is 3. The number of aromatic nitrogens is 2. The van der Waals surface area contributed by atoms with Crippen LogP contribution in [0.15, 0.2) is 96.4 Å². The molecule has 0 aliphatic carbocycles. The maximum atomic E-state index is 12.2. The van der Waals surface area contributed by atoms with Crippen LogP contribution in [0.25, 0.3) is 11.1 Å². The number of carbonyl (C=O) groups excluding carboxylic acids is 1. The average molecular weight is 628 g/mol. The van der Waals surface area contributed by atoms with Gasteiger partial charge in [-0.05, 0) is 52.8 Å². The zero-order valence-corrected chi connectivity index (χ0v) is 25.7. The molecule has 9 nitrogen and oxygen atoms in total. The quantitative estimate of drug-likeness (QED) is 0.0845. The normalized spacial score (nSPS) is 17.9. The van der Waals surface area contributed by atoms with Gasteiger partial charge in [0, 0.05) is 49.5 Å². The molecule has 10 heteroatoms. The number of ether oxygens (including phenoxy) is 2. The highest BCUT2D eigenvalue weighted by atomic mass is 32.2. The van der Waals surface area contributed by atoms with E-state index in [2.05, 4.69) is 21.4 Å². The summed E-state index contributed by atoms with van der Waals surface area (Å²) in [6.07, 6.45) is 4.75. The van der Waals surface area contributed by atoms with Crippen molar-refractivity contribution in [2.24, 2.45) is 0 Å². The summed E-state index contributed by atoms with van der Waals surface area (Å²) in [4.78, 5) is 31.5. The molecule has 234 valence electrons. The Hall–Kier alpha value is -4.09. The van der Waals surface area contributed by atoms with Crippen LogP contribution in [0.1, 0.15) is 66.8 Å². The molecule has 1 saturated heterocycles. The molecular formula is C35H37N3O6S. The van der Waals surface area contributed by atoms with E-state index in [-0.39, 0.29) is 31.1 Å². The molecule has 1 aromatic heterocycles. The summed E-state index contributed by atoms with van der Waals surface area (Å²) in [5.41, 5.74) is 5.83. The fourth-order valence-corrected chi connectivity index (χ4v) is 5.91. The highest BCUT2D eigenvalue weighted by molar-refractivity contribution is 7.99. The lowest BCUT2D eigenvalue weighted by Gasteiger charge is -2.36. The molecule has 4 aromatic rings. The van der Waals surface area contributed by atoms with Crippen molar-refractivity contribution in [3.05, 3.63) is 114 Å². The lowest BCUT2D eigenvalue weighted by Crippen LogP contribution is -2.31. The molecule has 45 heavy (non-hydrogen) atoms. The number of unbranched alkanes of at least 4 members (excludes halogenated alkanes) is 1. The zero-order chi connectivity index (χ0) is 31.4. The fourth-order valence-electron chi connectivity index (χ4n) is 5.09. The van der Waals surface area contributed by atoms with Gasteiger partial charge in [0.05, 0.1) is 18.8 Å². The van der Waals surface area contributed by atoms with Crippen LogP contribution in [0.4, 0.5) is 0 Å². The summed E-state index contributed by atoms with van der Waals surface area (Å²) in [5.74, 6) is -0.247. The molecule has 3 aromatic carbocycles. The molecule has 2 heterocycles. The Morgan fingerprint density at radius 1 is 0.844 bits per heavy atom. The van der Waals surface area contributed by atoms with Gasteiger partial charge in [-0.2, -0.15) is 0 Å². The van der Waals surface area contributed by atoms with E-state index in [0.29, 0.717) is 43.1 Å². The number of carboxylic acids is 1. The fraction of sp³-hybridized carbons (Fsp3) is 0.314. The lowest BCUT2D eigenvalue weighted by atomic mass is 9.99. The first-order valence-electron chi connectivity index (χ1n) is 15.0. The highest BCUT2D eigenvalue weighted by Crippen LogP contribution is 2.39. The van der Waals surface area contributed by atoms with E-state index < -0.39 is 12.3 Å². The van der Waals surface area contributed by atoms with Crippen molar-refractivity contribution >= 4 is 23.6 Å². The summed E-state index contributed by atoms with van der Waals surface area (Å²) in [7, 11) is 0. The van der Waals surface area contributed by atoms with Crippen LogP contribution in [-0.4, -0.2) is 43.9 Å². The third-order valence-corrected chi connectivity index (χ3v) is 8.54. The van der Waals surface area contributed by atoms with Gasteiger partial charge in [0.15, 0.2) is 11.4 Å². The standard InChI is InChI=1S/C35H37N3O6S/c39-22-24-9-11-27(12-10-24)31-20-30(23-45-35-36-17-4-18-37-35)43-34(44-31)28-15-13-26(14-16-28)29-6-3-5-25(19-29)21-38-32(40)7-1-2-8-33(41)42/h3-6,9-19,30-31,34,39H,1-2,7-8,20-23H2,(H,38,40)(H,41,42)/t30-,31+,34+/m1/s1. The number of nitrogens with zero attached hydrogens (tertiary/aromatic N) is 2. The first-order valence-corrected chi connectivity index (χ1v) is 16.0. The van der Waals surface area contributed by atoms with Crippen molar-refractivity contribution in [2.45, 2.75) is 68.9 Å². The number of thioether (sulfide) groups is 1. The SMILES string of the molecule is O=C(O)CCCCC(=O)NCc1cccc(-c2ccc([C@H]3O[C@@H](CSc4ncccn4)C[C@@H](c4ccc(CO)cc4)O3)cc2)c1. The van der Waals surface area contributed by atoms with Crippen LogP contribution < -0.4 is 5.32 Å². The topological polar surface area (TPSA) is 131 Å². The average Bonchev–Trinajstić information content (AvgIpc) is 3.09. The number of rotatable bonds is 14. The van der Waals surface area contributed by atoms with E-state index in [4.69, 9.17) is 14.6 Å². The van der Waals surface area contributed by atoms with E-state index in [9.17, 15) is 14.7 Å². The Kier molecular flexibility index (Phi) is 11.7. The number of carboxylic acid groups (broad SMARTS) is 1. The minimum atomic E-state index is -0.842. The third kappa shape index (κ3) is 9.70. The van der Waals surface area contributed by atoms with Crippen molar-refractivity contribution < 1.29 is 29.3 Å². The van der Waals surface area contributed by atoms with Gasteiger partial charge in [0.1, 0.15) is 0 Å². The lowest BCUT2D eigenvalue weighted by molar-refractivity contribution is -0.245.